The van der Waals surface area contributed by atoms with Crippen LogP contribution in [0, 0.1) is 11.6 Å². The summed E-state index contributed by atoms with van der Waals surface area (Å²) < 4.78 is 51.1. The molecule has 0 atom stereocenters. The molecule has 0 bridgehead atoms. The minimum absolute atomic E-state index is 0.0472. The zero-order valence-corrected chi connectivity index (χ0v) is 17.2. The van der Waals surface area contributed by atoms with Gasteiger partial charge >= 0.3 is 0 Å². The molecule has 0 saturated carbocycles. The van der Waals surface area contributed by atoms with Gasteiger partial charge < -0.3 is 4.90 Å². The van der Waals surface area contributed by atoms with Crippen molar-refractivity contribution in [2.45, 2.75) is 18.2 Å². The van der Waals surface area contributed by atoms with E-state index in [1.807, 2.05) is 44.1 Å². The summed E-state index contributed by atoms with van der Waals surface area (Å²) in [5.41, 5.74) is 4.42. The van der Waals surface area contributed by atoms with E-state index in [1.165, 1.54) is 30.3 Å². The lowest BCUT2D eigenvalue weighted by molar-refractivity contribution is 0.509. The number of hydrogen-bond acceptors (Lipinski definition) is 3. The number of aryl methyl sites for hydroxylation is 1. The number of primary sulfonamides is 1. The Morgan fingerprint density at radius 2 is 1.38 bits per heavy atom. The first-order valence-corrected chi connectivity index (χ1v) is 10.6. The molecule has 0 aliphatic rings. The van der Waals surface area contributed by atoms with Crippen LogP contribution < -0.4 is 10.0 Å². The van der Waals surface area contributed by atoms with Crippen molar-refractivity contribution in [1.29, 1.82) is 0 Å². The molecular formula is C22H22F2N2O2S. The van der Waals surface area contributed by atoms with Crippen LogP contribution in [-0.2, 0) is 16.4 Å². The number of hydrogen-bond donors (Lipinski definition) is 1. The fourth-order valence-corrected chi connectivity index (χ4v) is 3.84. The Balaban J connectivity index is 2.20. The van der Waals surface area contributed by atoms with Crippen LogP contribution in [0.5, 0.6) is 0 Å². The average molecular weight is 416 g/mol. The molecule has 152 valence electrons. The van der Waals surface area contributed by atoms with Gasteiger partial charge in [-0.15, -0.1) is 0 Å². The molecule has 3 aromatic carbocycles. The van der Waals surface area contributed by atoms with Crippen molar-refractivity contribution in [3.8, 4) is 22.3 Å². The molecule has 0 spiro atoms. The van der Waals surface area contributed by atoms with Crippen molar-refractivity contribution >= 4 is 15.7 Å². The van der Waals surface area contributed by atoms with Crippen molar-refractivity contribution in [2.24, 2.45) is 5.14 Å². The molecule has 0 radical (unpaired) electrons. The van der Waals surface area contributed by atoms with Crippen LogP contribution in [0.15, 0.2) is 59.5 Å². The van der Waals surface area contributed by atoms with Gasteiger partial charge in [-0.1, -0.05) is 25.1 Å². The van der Waals surface area contributed by atoms with E-state index < -0.39 is 21.7 Å². The number of nitrogens with two attached hydrogens (primary N) is 1. The molecule has 0 unspecified atom stereocenters. The highest BCUT2D eigenvalue weighted by Gasteiger charge is 2.16. The second kappa shape index (κ2) is 7.93. The van der Waals surface area contributed by atoms with Crippen molar-refractivity contribution in [1.82, 2.24) is 0 Å². The van der Waals surface area contributed by atoms with E-state index in [4.69, 9.17) is 5.14 Å². The summed E-state index contributed by atoms with van der Waals surface area (Å²) in [7, 11) is 0.0576. The van der Waals surface area contributed by atoms with Gasteiger partial charge in [0, 0.05) is 19.8 Å². The summed E-state index contributed by atoms with van der Waals surface area (Å²) in [4.78, 5) is 1.95. The van der Waals surface area contributed by atoms with E-state index in [1.54, 1.807) is 0 Å². The zero-order chi connectivity index (χ0) is 21.3. The van der Waals surface area contributed by atoms with E-state index in [-0.39, 0.29) is 4.90 Å². The summed E-state index contributed by atoms with van der Waals surface area (Å²) in [6, 6.07) is 13.8. The topological polar surface area (TPSA) is 63.4 Å². The summed E-state index contributed by atoms with van der Waals surface area (Å²) in [6.45, 7) is 2.03. The van der Waals surface area contributed by atoms with Gasteiger partial charge in [-0.25, -0.2) is 22.3 Å². The first kappa shape index (κ1) is 21.0. The first-order chi connectivity index (χ1) is 13.6. The molecule has 0 amide bonds. The maximum absolute atomic E-state index is 14.1. The van der Waals surface area contributed by atoms with Gasteiger partial charge in [0.1, 0.15) is 0 Å². The largest absolute Gasteiger partial charge is 0.377 e. The van der Waals surface area contributed by atoms with Gasteiger partial charge in [-0.05, 0) is 70.6 Å². The van der Waals surface area contributed by atoms with Crippen LogP contribution in [0.2, 0.25) is 0 Å². The summed E-state index contributed by atoms with van der Waals surface area (Å²) in [5.74, 6) is -1.92. The van der Waals surface area contributed by atoms with Crippen molar-refractivity contribution in [2.75, 3.05) is 19.0 Å². The highest BCUT2D eigenvalue weighted by Crippen LogP contribution is 2.36. The molecular weight excluding hydrogens is 394 g/mol. The van der Waals surface area contributed by atoms with E-state index in [0.717, 1.165) is 29.3 Å². The third kappa shape index (κ3) is 4.31. The monoisotopic (exact) mass is 416 g/mol. The Kier molecular flexibility index (Phi) is 5.73. The van der Waals surface area contributed by atoms with Crippen LogP contribution in [0.3, 0.4) is 0 Å². The second-order valence-corrected chi connectivity index (χ2v) is 8.53. The van der Waals surface area contributed by atoms with Gasteiger partial charge in [0.25, 0.3) is 0 Å². The Labute approximate surface area is 169 Å². The van der Waals surface area contributed by atoms with E-state index in [0.29, 0.717) is 16.7 Å². The number of sulfonamides is 1. The first-order valence-electron chi connectivity index (χ1n) is 9.04. The van der Waals surface area contributed by atoms with Crippen molar-refractivity contribution < 1.29 is 17.2 Å². The Hall–Kier alpha value is -2.77. The number of nitrogens with zero attached hydrogens (tertiary/aromatic N) is 1. The molecule has 0 aromatic heterocycles. The number of benzene rings is 3. The summed E-state index contributed by atoms with van der Waals surface area (Å²) in [5, 5.41) is 5.14. The average Bonchev–Trinajstić information content (AvgIpc) is 2.68. The van der Waals surface area contributed by atoms with E-state index in [9.17, 15) is 17.2 Å². The normalized spacial score (nSPS) is 11.5. The highest BCUT2D eigenvalue weighted by molar-refractivity contribution is 7.89. The third-order valence-electron chi connectivity index (χ3n) is 4.81. The molecule has 0 aliphatic heterocycles. The predicted octanol–water partition coefficient (Wildman–Crippen LogP) is 4.57. The predicted molar refractivity (Wildman–Crippen MR) is 112 cm³/mol. The SMILES string of the molecule is CCc1cc(-c2cc(F)c(F)cc2-c2ccc(S(N)(=O)=O)cc2)ccc1N(C)C. The molecule has 3 aromatic rings. The van der Waals surface area contributed by atoms with Crippen molar-refractivity contribution in [3.05, 3.63) is 71.8 Å². The Morgan fingerprint density at radius 3 is 1.86 bits per heavy atom. The van der Waals surface area contributed by atoms with Crippen LogP contribution in [0.4, 0.5) is 14.5 Å². The molecule has 4 nitrogen and oxygen atoms in total. The van der Waals surface area contributed by atoms with Gasteiger partial charge in [-0.3, -0.25) is 0 Å². The van der Waals surface area contributed by atoms with Crippen LogP contribution >= 0.6 is 0 Å². The van der Waals surface area contributed by atoms with E-state index in [2.05, 4.69) is 0 Å². The maximum Gasteiger partial charge on any atom is 0.238 e. The molecule has 29 heavy (non-hydrogen) atoms. The molecule has 2 N–H and O–H groups in total. The quantitative estimate of drug-likeness (QED) is 0.662. The maximum atomic E-state index is 14.1. The highest BCUT2D eigenvalue weighted by atomic mass is 32.2. The molecule has 0 saturated heterocycles. The van der Waals surface area contributed by atoms with Gasteiger partial charge in [0.15, 0.2) is 11.6 Å². The summed E-state index contributed by atoms with van der Waals surface area (Å²) >= 11 is 0. The lowest BCUT2D eigenvalue weighted by atomic mass is 9.92. The number of halogens is 2. The molecule has 0 aliphatic carbocycles. The molecule has 7 heteroatoms. The van der Waals surface area contributed by atoms with Gasteiger partial charge in [-0.2, -0.15) is 0 Å². The molecule has 0 heterocycles. The van der Waals surface area contributed by atoms with Crippen LogP contribution in [0.25, 0.3) is 22.3 Å². The van der Waals surface area contributed by atoms with Crippen LogP contribution in [-0.4, -0.2) is 22.5 Å². The third-order valence-corrected chi connectivity index (χ3v) is 5.74. The summed E-state index contributed by atoms with van der Waals surface area (Å²) in [6.07, 6.45) is 0.781. The van der Waals surface area contributed by atoms with Gasteiger partial charge in [0.05, 0.1) is 4.90 Å². The lowest BCUT2D eigenvalue weighted by Crippen LogP contribution is -2.11. The van der Waals surface area contributed by atoms with Crippen molar-refractivity contribution in [3.63, 3.8) is 0 Å². The fourth-order valence-electron chi connectivity index (χ4n) is 3.32. The standard InChI is InChI=1S/C22H22F2N2O2S/c1-4-14-11-16(7-10-22(14)26(2)3)19-13-21(24)20(23)12-18(19)15-5-8-17(9-6-15)29(25,27)28/h5-13H,4H2,1-3H3,(H2,25,27,28). The number of rotatable bonds is 5. The number of anilines is 1. The zero-order valence-electron chi connectivity index (χ0n) is 16.4. The minimum Gasteiger partial charge on any atom is -0.377 e. The lowest BCUT2D eigenvalue weighted by Gasteiger charge is -2.19. The minimum atomic E-state index is -3.84. The molecule has 0 fully saturated rings. The molecule has 3 rings (SSSR count). The second-order valence-electron chi connectivity index (χ2n) is 6.97. The Morgan fingerprint density at radius 1 is 0.862 bits per heavy atom. The fraction of sp³-hybridized carbons (Fsp3) is 0.182. The van der Waals surface area contributed by atoms with E-state index >= 15 is 0 Å². The van der Waals surface area contributed by atoms with Gasteiger partial charge in [0.2, 0.25) is 10.0 Å². The van der Waals surface area contributed by atoms with Crippen LogP contribution in [0.1, 0.15) is 12.5 Å². The Bertz CT molecular complexity index is 1160. The smallest absolute Gasteiger partial charge is 0.238 e.